The Labute approximate surface area is 173 Å². The number of carbonyl (C=O) groups excluding carboxylic acids is 2. The van der Waals surface area contributed by atoms with Gasteiger partial charge in [-0.15, -0.1) is 0 Å². The summed E-state index contributed by atoms with van der Waals surface area (Å²) in [6, 6.07) is 5.81. The Hall–Kier alpha value is -2.24. The fourth-order valence-electron chi connectivity index (χ4n) is 3.98. The highest BCUT2D eigenvalue weighted by Crippen LogP contribution is 2.34. The Bertz CT molecular complexity index is 746. The van der Waals surface area contributed by atoms with Crippen molar-refractivity contribution in [2.45, 2.75) is 53.5 Å². The van der Waals surface area contributed by atoms with Gasteiger partial charge in [0, 0.05) is 24.4 Å². The predicted molar refractivity (Wildman–Crippen MR) is 112 cm³/mol. The van der Waals surface area contributed by atoms with Crippen LogP contribution in [0.25, 0.3) is 0 Å². The molecule has 0 saturated carbocycles. The summed E-state index contributed by atoms with van der Waals surface area (Å²) in [7, 11) is 0. The van der Waals surface area contributed by atoms with E-state index in [2.05, 4.69) is 19.2 Å². The molecular formula is C23H34N2O4. The van der Waals surface area contributed by atoms with Gasteiger partial charge >= 0.3 is 0 Å². The molecule has 1 fully saturated rings. The number of piperidine rings is 1. The highest BCUT2D eigenvalue weighted by atomic mass is 16.6. The molecule has 3 rings (SSSR count). The standard InChI is InChI=1S/C23H34N2O4/c1-15(2)20(17-6-7-18-19(14-17)29-13-12-28-18)24-21(26)16-8-10-25(11-9-16)22(27)23(3,4)5/h6-7,14-16,20H,8-13H2,1-5H3,(H,24,26). The lowest BCUT2D eigenvalue weighted by Crippen LogP contribution is -2.47. The molecule has 6 heteroatoms. The fourth-order valence-corrected chi connectivity index (χ4v) is 3.98. The first kappa shape index (κ1) is 21.5. The van der Waals surface area contributed by atoms with Gasteiger partial charge in [0.2, 0.25) is 11.8 Å². The summed E-state index contributed by atoms with van der Waals surface area (Å²) in [5, 5.41) is 3.24. The van der Waals surface area contributed by atoms with Gasteiger partial charge in [0.25, 0.3) is 0 Å². The number of likely N-dealkylation sites (tertiary alicyclic amines) is 1. The van der Waals surface area contributed by atoms with Gasteiger partial charge in [0.05, 0.1) is 6.04 Å². The molecule has 0 aromatic heterocycles. The normalized spacial score (nSPS) is 18.5. The molecule has 1 atom stereocenters. The minimum Gasteiger partial charge on any atom is -0.486 e. The first-order valence-electron chi connectivity index (χ1n) is 10.7. The van der Waals surface area contributed by atoms with Gasteiger partial charge in [-0.05, 0) is 36.5 Å². The molecule has 2 aliphatic heterocycles. The highest BCUT2D eigenvalue weighted by molar-refractivity contribution is 5.83. The molecule has 1 N–H and O–H groups in total. The van der Waals surface area contributed by atoms with E-state index in [1.54, 1.807) is 0 Å². The first-order chi connectivity index (χ1) is 13.7. The summed E-state index contributed by atoms with van der Waals surface area (Å²) in [6.07, 6.45) is 1.42. The third kappa shape index (κ3) is 5.03. The van der Waals surface area contributed by atoms with Gasteiger partial charge in [-0.2, -0.15) is 0 Å². The summed E-state index contributed by atoms with van der Waals surface area (Å²) in [4.78, 5) is 27.3. The second-order valence-corrected chi connectivity index (χ2v) is 9.45. The Morgan fingerprint density at radius 1 is 1.07 bits per heavy atom. The van der Waals surface area contributed by atoms with E-state index in [1.807, 2.05) is 43.9 Å². The van der Waals surface area contributed by atoms with Crippen molar-refractivity contribution in [1.29, 1.82) is 0 Å². The monoisotopic (exact) mass is 402 g/mol. The zero-order chi connectivity index (χ0) is 21.2. The van der Waals surface area contributed by atoms with Crippen molar-refractivity contribution in [2.75, 3.05) is 26.3 Å². The molecule has 1 aromatic rings. The number of fused-ring (bicyclic) bond motifs is 1. The van der Waals surface area contributed by atoms with Gasteiger partial charge in [-0.1, -0.05) is 40.7 Å². The van der Waals surface area contributed by atoms with Crippen LogP contribution in [0, 0.1) is 17.3 Å². The van der Waals surface area contributed by atoms with Crippen molar-refractivity contribution in [2.24, 2.45) is 17.3 Å². The zero-order valence-corrected chi connectivity index (χ0v) is 18.3. The first-order valence-corrected chi connectivity index (χ1v) is 10.7. The van der Waals surface area contributed by atoms with Gasteiger partial charge in [-0.25, -0.2) is 0 Å². The van der Waals surface area contributed by atoms with Crippen molar-refractivity contribution in [3.63, 3.8) is 0 Å². The van der Waals surface area contributed by atoms with Crippen LogP contribution < -0.4 is 14.8 Å². The molecule has 1 unspecified atom stereocenters. The number of hydrogen-bond donors (Lipinski definition) is 1. The smallest absolute Gasteiger partial charge is 0.227 e. The lowest BCUT2D eigenvalue weighted by atomic mass is 9.89. The number of ether oxygens (including phenoxy) is 2. The third-order valence-corrected chi connectivity index (χ3v) is 5.68. The average Bonchev–Trinajstić information content (AvgIpc) is 2.70. The van der Waals surface area contributed by atoms with Gasteiger partial charge in [-0.3, -0.25) is 9.59 Å². The van der Waals surface area contributed by atoms with Crippen LogP contribution >= 0.6 is 0 Å². The Morgan fingerprint density at radius 2 is 1.69 bits per heavy atom. The predicted octanol–water partition coefficient (Wildman–Crippen LogP) is 3.56. The molecule has 2 amide bonds. The quantitative estimate of drug-likeness (QED) is 0.836. The summed E-state index contributed by atoms with van der Waals surface area (Å²) in [6.45, 7) is 12.4. The second kappa shape index (κ2) is 8.64. The number of hydrogen-bond acceptors (Lipinski definition) is 4. The molecule has 2 heterocycles. The number of rotatable bonds is 4. The number of carbonyl (C=O) groups is 2. The van der Waals surface area contributed by atoms with Crippen molar-refractivity contribution in [3.05, 3.63) is 23.8 Å². The van der Waals surface area contributed by atoms with E-state index < -0.39 is 0 Å². The van der Waals surface area contributed by atoms with E-state index in [-0.39, 0.29) is 35.1 Å². The number of benzene rings is 1. The number of nitrogens with one attached hydrogen (secondary N) is 1. The zero-order valence-electron chi connectivity index (χ0n) is 18.3. The van der Waals surface area contributed by atoms with Crippen LogP contribution in [0.4, 0.5) is 0 Å². The van der Waals surface area contributed by atoms with Gasteiger partial charge < -0.3 is 19.7 Å². The summed E-state index contributed by atoms with van der Waals surface area (Å²) >= 11 is 0. The minimum atomic E-state index is -0.379. The van der Waals surface area contributed by atoms with Crippen LogP contribution in [0.3, 0.4) is 0 Å². The summed E-state index contributed by atoms with van der Waals surface area (Å²) in [5.74, 6) is 1.91. The van der Waals surface area contributed by atoms with E-state index in [9.17, 15) is 9.59 Å². The Morgan fingerprint density at radius 3 is 2.28 bits per heavy atom. The maximum atomic E-state index is 13.0. The van der Waals surface area contributed by atoms with E-state index in [1.165, 1.54) is 0 Å². The lowest BCUT2D eigenvalue weighted by Gasteiger charge is -2.36. The molecule has 160 valence electrons. The molecular weight excluding hydrogens is 368 g/mol. The van der Waals surface area contributed by atoms with Gasteiger partial charge in [0.1, 0.15) is 13.2 Å². The van der Waals surface area contributed by atoms with Crippen LogP contribution in [0.15, 0.2) is 18.2 Å². The van der Waals surface area contributed by atoms with Crippen molar-refractivity contribution >= 4 is 11.8 Å². The third-order valence-electron chi connectivity index (χ3n) is 5.68. The SMILES string of the molecule is CC(C)C(NC(=O)C1CCN(C(=O)C(C)(C)C)CC1)c1ccc2c(c1)OCCO2. The van der Waals surface area contributed by atoms with Crippen molar-refractivity contribution in [3.8, 4) is 11.5 Å². The van der Waals surface area contributed by atoms with Crippen LogP contribution in [0.1, 0.15) is 59.1 Å². The molecule has 0 spiro atoms. The molecule has 0 aliphatic carbocycles. The molecule has 0 radical (unpaired) electrons. The van der Waals surface area contributed by atoms with Crippen LogP contribution in [0.2, 0.25) is 0 Å². The molecule has 1 aromatic carbocycles. The molecule has 29 heavy (non-hydrogen) atoms. The molecule has 1 saturated heterocycles. The maximum Gasteiger partial charge on any atom is 0.227 e. The van der Waals surface area contributed by atoms with Gasteiger partial charge in [0.15, 0.2) is 11.5 Å². The summed E-state index contributed by atoms with van der Waals surface area (Å²) in [5.41, 5.74) is 0.647. The molecule has 6 nitrogen and oxygen atoms in total. The van der Waals surface area contributed by atoms with E-state index in [4.69, 9.17) is 9.47 Å². The van der Waals surface area contributed by atoms with Crippen LogP contribution in [0.5, 0.6) is 11.5 Å². The largest absolute Gasteiger partial charge is 0.486 e. The maximum absolute atomic E-state index is 13.0. The van der Waals surface area contributed by atoms with Crippen molar-refractivity contribution < 1.29 is 19.1 Å². The van der Waals surface area contributed by atoms with Crippen LogP contribution in [-0.4, -0.2) is 43.0 Å². The van der Waals surface area contributed by atoms with E-state index in [0.717, 1.165) is 17.1 Å². The Kier molecular flexibility index (Phi) is 6.39. The molecule has 0 bridgehead atoms. The summed E-state index contributed by atoms with van der Waals surface area (Å²) < 4.78 is 11.3. The number of nitrogens with zero attached hydrogens (tertiary/aromatic N) is 1. The van der Waals surface area contributed by atoms with Crippen LogP contribution in [-0.2, 0) is 9.59 Å². The topological polar surface area (TPSA) is 67.9 Å². The minimum absolute atomic E-state index is 0.0579. The van der Waals surface area contributed by atoms with E-state index in [0.29, 0.717) is 39.1 Å². The Balaban J connectivity index is 1.63. The second-order valence-electron chi connectivity index (χ2n) is 9.45. The van der Waals surface area contributed by atoms with Crippen molar-refractivity contribution in [1.82, 2.24) is 10.2 Å². The van der Waals surface area contributed by atoms with E-state index >= 15 is 0 Å². The number of amides is 2. The fraction of sp³-hybridized carbons (Fsp3) is 0.652. The lowest BCUT2D eigenvalue weighted by molar-refractivity contribution is -0.142. The average molecular weight is 403 g/mol. The molecule has 2 aliphatic rings. The highest BCUT2D eigenvalue weighted by Gasteiger charge is 2.33.